The molecule has 0 spiro atoms. The number of likely N-dealkylation sites (tertiary alicyclic amines) is 1. The van der Waals surface area contributed by atoms with Gasteiger partial charge in [-0.05, 0) is 38.4 Å². The van der Waals surface area contributed by atoms with Gasteiger partial charge in [-0.2, -0.15) is 0 Å². The van der Waals surface area contributed by atoms with Crippen LogP contribution in [-0.4, -0.2) is 44.1 Å². The van der Waals surface area contributed by atoms with Gasteiger partial charge in [-0.15, -0.1) is 0 Å². The highest BCUT2D eigenvalue weighted by molar-refractivity contribution is 6.33. The summed E-state index contributed by atoms with van der Waals surface area (Å²) < 4.78 is 5.18. The number of nitrogen functional groups attached to an aromatic ring is 1. The number of anilines is 1. The van der Waals surface area contributed by atoms with Crippen LogP contribution in [0.5, 0.6) is 5.75 Å². The molecule has 0 aliphatic carbocycles. The quantitative estimate of drug-likeness (QED) is 0.622. The maximum Gasteiger partial charge on any atom is 0.255 e. The Morgan fingerprint density at radius 1 is 1.52 bits per heavy atom. The first-order valence-electron chi connectivity index (χ1n) is 7.07. The van der Waals surface area contributed by atoms with Gasteiger partial charge in [0.1, 0.15) is 5.75 Å². The number of rotatable bonds is 6. The van der Waals surface area contributed by atoms with E-state index in [-0.39, 0.29) is 5.91 Å². The Kier molecular flexibility index (Phi) is 5.70. The van der Waals surface area contributed by atoms with Gasteiger partial charge in [0.05, 0.1) is 23.4 Å². The van der Waals surface area contributed by atoms with Crippen molar-refractivity contribution in [1.82, 2.24) is 10.2 Å². The van der Waals surface area contributed by atoms with Gasteiger partial charge in [-0.3, -0.25) is 4.79 Å². The molecule has 1 heterocycles. The summed E-state index contributed by atoms with van der Waals surface area (Å²) in [5.74, 6) is 0.241. The van der Waals surface area contributed by atoms with Gasteiger partial charge in [0.25, 0.3) is 5.91 Å². The number of hydrogen-bond donors (Lipinski definition) is 2. The van der Waals surface area contributed by atoms with Gasteiger partial charge < -0.3 is 20.7 Å². The predicted octanol–water partition coefficient (Wildman–Crippen LogP) is 1.96. The maximum atomic E-state index is 12.2. The molecule has 1 fully saturated rings. The van der Waals surface area contributed by atoms with E-state index in [4.69, 9.17) is 22.1 Å². The van der Waals surface area contributed by atoms with Crippen LogP contribution in [0.2, 0.25) is 5.02 Å². The normalized spacial score (nSPS) is 15.1. The van der Waals surface area contributed by atoms with E-state index in [9.17, 15) is 4.79 Å². The smallest absolute Gasteiger partial charge is 0.255 e. The number of carbonyl (C=O) groups excluding carboxylic acids is 1. The fourth-order valence-electron chi connectivity index (χ4n) is 2.36. The van der Waals surface area contributed by atoms with Crippen LogP contribution in [-0.2, 0) is 0 Å². The molecule has 1 saturated heterocycles. The molecular formula is C15H21ClN3O2. The lowest BCUT2D eigenvalue weighted by Gasteiger charge is -2.15. The molecule has 1 amide bonds. The molecule has 0 unspecified atom stereocenters. The lowest BCUT2D eigenvalue weighted by atomic mass is 10.1. The number of benzene rings is 1. The SMILES string of the molecule is COc1cc(N)c(Cl)cc1C(=O)NCCCN1C[CH]CC1. The number of nitrogens with zero attached hydrogens (tertiary/aromatic N) is 1. The molecular weight excluding hydrogens is 290 g/mol. The number of hydrogen-bond acceptors (Lipinski definition) is 4. The van der Waals surface area contributed by atoms with Crippen LogP contribution in [0.1, 0.15) is 23.2 Å². The molecule has 1 aromatic carbocycles. The van der Waals surface area contributed by atoms with Gasteiger partial charge in [0.2, 0.25) is 0 Å². The third-order valence-electron chi connectivity index (χ3n) is 3.54. The molecule has 5 nitrogen and oxygen atoms in total. The second-order valence-corrected chi connectivity index (χ2v) is 5.47. The summed E-state index contributed by atoms with van der Waals surface area (Å²) in [6.07, 6.45) is 4.36. The van der Waals surface area contributed by atoms with E-state index in [0.29, 0.717) is 28.6 Å². The highest BCUT2D eigenvalue weighted by atomic mass is 35.5. The summed E-state index contributed by atoms with van der Waals surface area (Å²) in [4.78, 5) is 14.5. The number of halogens is 1. The standard InChI is InChI=1S/C15H21ClN3O2/c1-21-14-10-13(17)12(16)9-11(14)15(20)18-5-4-8-19-6-2-3-7-19/h2,9-10H,3-8,17H2,1H3,(H,18,20). The van der Waals surface area contributed by atoms with Gasteiger partial charge in [-0.1, -0.05) is 11.6 Å². The van der Waals surface area contributed by atoms with Crippen molar-refractivity contribution < 1.29 is 9.53 Å². The first kappa shape index (κ1) is 15.9. The van der Waals surface area contributed by atoms with Crippen molar-refractivity contribution in [1.29, 1.82) is 0 Å². The monoisotopic (exact) mass is 310 g/mol. The van der Waals surface area contributed by atoms with Crippen LogP contribution in [0.4, 0.5) is 5.69 Å². The molecule has 0 aromatic heterocycles. The van der Waals surface area contributed by atoms with Crippen molar-refractivity contribution in [3.05, 3.63) is 29.1 Å². The second kappa shape index (κ2) is 7.52. The van der Waals surface area contributed by atoms with Crippen LogP contribution in [0.15, 0.2) is 12.1 Å². The van der Waals surface area contributed by atoms with Crippen molar-refractivity contribution >= 4 is 23.2 Å². The number of methoxy groups -OCH3 is 1. The summed E-state index contributed by atoms with van der Waals surface area (Å²) in [6, 6.07) is 3.11. The van der Waals surface area contributed by atoms with Gasteiger partial charge >= 0.3 is 0 Å². The van der Waals surface area contributed by atoms with Crippen molar-refractivity contribution in [2.75, 3.05) is 39.0 Å². The number of ether oxygens (including phenoxy) is 1. The van der Waals surface area contributed by atoms with Crippen LogP contribution in [0.25, 0.3) is 0 Å². The van der Waals surface area contributed by atoms with Crippen LogP contribution in [0.3, 0.4) is 0 Å². The molecule has 0 saturated carbocycles. The minimum absolute atomic E-state index is 0.193. The van der Waals surface area contributed by atoms with Gasteiger partial charge in [0, 0.05) is 19.2 Å². The number of amides is 1. The van der Waals surface area contributed by atoms with E-state index in [1.54, 1.807) is 12.1 Å². The molecule has 1 aliphatic rings. The third kappa shape index (κ3) is 4.25. The summed E-state index contributed by atoms with van der Waals surface area (Å²) >= 11 is 5.96. The molecule has 1 aliphatic heterocycles. The largest absolute Gasteiger partial charge is 0.496 e. The molecule has 3 N–H and O–H groups in total. The minimum atomic E-state index is -0.193. The molecule has 0 bridgehead atoms. The first-order valence-corrected chi connectivity index (χ1v) is 7.45. The molecule has 21 heavy (non-hydrogen) atoms. The van der Waals surface area contributed by atoms with E-state index < -0.39 is 0 Å². The van der Waals surface area contributed by atoms with Gasteiger partial charge in [-0.25, -0.2) is 0 Å². The lowest BCUT2D eigenvalue weighted by Crippen LogP contribution is -2.29. The molecule has 2 rings (SSSR count). The van der Waals surface area contributed by atoms with E-state index in [2.05, 4.69) is 16.6 Å². The minimum Gasteiger partial charge on any atom is -0.496 e. The van der Waals surface area contributed by atoms with Gasteiger partial charge in [0.15, 0.2) is 0 Å². The fourth-order valence-corrected chi connectivity index (χ4v) is 2.52. The van der Waals surface area contributed by atoms with Crippen molar-refractivity contribution in [3.63, 3.8) is 0 Å². The lowest BCUT2D eigenvalue weighted by molar-refractivity contribution is 0.0949. The summed E-state index contributed by atoms with van der Waals surface area (Å²) in [5, 5.41) is 3.24. The van der Waals surface area contributed by atoms with E-state index in [0.717, 1.165) is 32.5 Å². The number of nitrogens with two attached hydrogens (primary N) is 1. The second-order valence-electron chi connectivity index (χ2n) is 5.06. The predicted molar refractivity (Wildman–Crippen MR) is 84.7 cm³/mol. The maximum absolute atomic E-state index is 12.2. The average molecular weight is 311 g/mol. The Bertz CT molecular complexity index is 502. The third-order valence-corrected chi connectivity index (χ3v) is 3.86. The van der Waals surface area contributed by atoms with E-state index >= 15 is 0 Å². The highest BCUT2D eigenvalue weighted by Gasteiger charge is 2.15. The van der Waals surface area contributed by atoms with Crippen LogP contribution >= 0.6 is 11.6 Å². The zero-order valence-corrected chi connectivity index (χ0v) is 12.9. The molecule has 1 aromatic rings. The summed E-state index contributed by atoms with van der Waals surface area (Å²) in [5.41, 5.74) is 6.51. The fraction of sp³-hybridized carbons (Fsp3) is 0.467. The van der Waals surface area contributed by atoms with Crippen LogP contribution in [0, 0.1) is 6.42 Å². The molecule has 0 atom stereocenters. The number of nitrogens with one attached hydrogen (secondary N) is 1. The Balaban J connectivity index is 1.86. The van der Waals surface area contributed by atoms with E-state index in [1.165, 1.54) is 7.11 Å². The Morgan fingerprint density at radius 3 is 3.00 bits per heavy atom. The zero-order chi connectivity index (χ0) is 15.2. The Morgan fingerprint density at radius 2 is 2.33 bits per heavy atom. The van der Waals surface area contributed by atoms with Crippen molar-refractivity contribution in [3.8, 4) is 5.75 Å². The Labute approximate surface area is 130 Å². The topological polar surface area (TPSA) is 67.6 Å². The van der Waals surface area contributed by atoms with E-state index in [1.807, 2.05) is 0 Å². The first-order chi connectivity index (χ1) is 10.1. The highest BCUT2D eigenvalue weighted by Crippen LogP contribution is 2.28. The van der Waals surface area contributed by atoms with Crippen molar-refractivity contribution in [2.45, 2.75) is 12.8 Å². The zero-order valence-electron chi connectivity index (χ0n) is 12.2. The molecule has 115 valence electrons. The average Bonchev–Trinajstić information content (AvgIpc) is 2.99. The molecule has 1 radical (unpaired) electrons. The number of carbonyl (C=O) groups is 1. The Hall–Kier alpha value is -1.46. The van der Waals surface area contributed by atoms with Crippen molar-refractivity contribution in [2.24, 2.45) is 0 Å². The summed E-state index contributed by atoms with van der Waals surface area (Å²) in [6.45, 7) is 3.79. The van der Waals surface area contributed by atoms with Crippen LogP contribution < -0.4 is 15.8 Å². The summed E-state index contributed by atoms with van der Waals surface area (Å²) in [7, 11) is 1.50. The molecule has 6 heteroatoms.